The van der Waals surface area contributed by atoms with Crippen LogP contribution in [0.4, 0.5) is 17.1 Å². The molecule has 274 valence electrons. The van der Waals surface area contributed by atoms with Gasteiger partial charge in [0.15, 0.2) is 0 Å². The van der Waals surface area contributed by atoms with E-state index in [1.165, 1.54) is 121 Å². The van der Waals surface area contributed by atoms with E-state index in [2.05, 4.69) is 189 Å². The molecule has 0 aromatic heterocycles. The number of benzene rings is 8. The maximum absolute atomic E-state index is 2.57. The number of hydrogen-bond acceptors (Lipinski definition) is 1. The molecular weight excluding hydrogens is 687 g/mol. The van der Waals surface area contributed by atoms with Gasteiger partial charge in [0, 0.05) is 22.5 Å². The van der Waals surface area contributed by atoms with Crippen molar-refractivity contribution in [2.75, 3.05) is 4.90 Å². The molecule has 12 rings (SSSR count). The zero-order chi connectivity index (χ0) is 37.9. The number of hydrogen-bond donors (Lipinski definition) is 0. The number of rotatable bonds is 4. The number of fused-ring (bicyclic) bond motifs is 12. The number of para-hydroxylation sites is 1. The largest absolute Gasteiger partial charge is 0.310 e. The van der Waals surface area contributed by atoms with E-state index in [9.17, 15) is 0 Å². The molecule has 8 aromatic rings. The molecule has 0 amide bonds. The monoisotopic (exact) mass is 731 g/mol. The molecule has 1 saturated carbocycles. The van der Waals surface area contributed by atoms with Crippen molar-refractivity contribution in [3.05, 3.63) is 209 Å². The standard InChI is InChI=1S/C56H45N/c1-55(2)48-25-12-9-23-44(48)47-34-39(30-33-49(47)55)57(38-19-7-4-8-20-38)40-29-32-45-42-21-10-13-26-50(42)56(52(45)35-40)51-27-14-11-22-43(51)46-24-15-18-37-28-31-41(54(56)53(37)46)36-16-5-3-6-17-36/h4,7-15,18-36H,3,5-6,16-17H2,1-2H3. The van der Waals surface area contributed by atoms with Gasteiger partial charge < -0.3 is 4.90 Å². The van der Waals surface area contributed by atoms with E-state index >= 15 is 0 Å². The highest BCUT2D eigenvalue weighted by Gasteiger charge is 2.52. The summed E-state index contributed by atoms with van der Waals surface area (Å²) in [5.41, 5.74) is 21.2. The van der Waals surface area contributed by atoms with E-state index in [1.807, 2.05) is 0 Å². The Morgan fingerprint density at radius 2 is 1.00 bits per heavy atom. The Hall–Kier alpha value is -6.18. The van der Waals surface area contributed by atoms with Gasteiger partial charge in [0.1, 0.15) is 0 Å². The Bertz CT molecular complexity index is 2930. The summed E-state index contributed by atoms with van der Waals surface area (Å²) in [5.74, 6) is 0.548. The van der Waals surface area contributed by atoms with Gasteiger partial charge in [0.05, 0.1) is 5.41 Å². The van der Waals surface area contributed by atoms with Gasteiger partial charge in [-0.2, -0.15) is 0 Å². The second kappa shape index (κ2) is 12.2. The van der Waals surface area contributed by atoms with E-state index in [4.69, 9.17) is 0 Å². The fraction of sp³-hybridized carbons (Fsp3) is 0.179. The molecule has 1 unspecified atom stereocenters. The summed E-state index contributed by atoms with van der Waals surface area (Å²) in [6.07, 6.45) is 6.47. The average molecular weight is 732 g/mol. The van der Waals surface area contributed by atoms with Gasteiger partial charge in [-0.05, 0) is 138 Å². The minimum atomic E-state index is -0.470. The SMILES string of the molecule is CC1(C)c2ccccc2-c2cc(N(c3ccccc3)c3ccc4c(c3)C3(c5ccccc5-4)c4ccccc4-c4cccc5ccc(C6CCCCC6)c3c45)ccc21. The van der Waals surface area contributed by atoms with Crippen molar-refractivity contribution in [1.29, 1.82) is 0 Å². The molecule has 1 heteroatoms. The topological polar surface area (TPSA) is 3.24 Å². The van der Waals surface area contributed by atoms with Crippen LogP contribution in [0.2, 0.25) is 0 Å². The highest BCUT2D eigenvalue weighted by atomic mass is 15.1. The summed E-state index contributed by atoms with van der Waals surface area (Å²) < 4.78 is 0. The van der Waals surface area contributed by atoms with Crippen LogP contribution in [-0.4, -0.2) is 0 Å². The predicted octanol–water partition coefficient (Wildman–Crippen LogP) is 15.0. The maximum atomic E-state index is 2.57. The molecule has 8 aromatic carbocycles. The molecule has 1 nitrogen and oxygen atoms in total. The average Bonchev–Trinajstić information content (AvgIpc) is 3.68. The van der Waals surface area contributed by atoms with E-state index < -0.39 is 5.41 Å². The Kier molecular flexibility index (Phi) is 7.04. The Balaban J connectivity index is 1.16. The van der Waals surface area contributed by atoms with E-state index in [0.29, 0.717) is 5.92 Å². The fourth-order valence-corrected chi connectivity index (χ4v) is 11.8. The van der Waals surface area contributed by atoms with Crippen molar-refractivity contribution in [3.8, 4) is 33.4 Å². The first kappa shape index (κ1) is 33.0. The van der Waals surface area contributed by atoms with E-state index in [0.717, 1.165) is 5.69 Å². The van der Waals surface area contributed by atoms with Crippen molar-refractivity contribution in [3.63, 3.8) is 0 Å². The van der Waals surface area contributed by atoms with Crippen molar-refractivity contribution in [1.82, 2.24) is 0 Å². The summed E-state index contributed by atoms with van der Waals surface area (Å²) in [6.45, 7) is 4.73. The molecule has 0 bridgehead atoms. The van der Waals surface area contributed by atoms with E-state index in [-0.39, 0.29) is 5.41 Å². The Morgan fingerprint density at radius 1 is 0.421 bits per heavy atom. The Morgan fingerprint density at radius 3 is 1.75 bits per heavy atom. The summed E-state index contributed by atoms with van der Waals surface area (Å²) in [6, 6.07) is 65.2. The van der Waals surface area contributed by atoms with Crippen LogP contribution < -0.4 is 4.90 Å². The first-order valence-electron chi connectivity index (χ1n) is 21.0. The lowest BCUT2D eigenvalue weighted by atomic mass is 9.59. The molecule has 1 fully saturated rings. The maximum Gasteiger partial charge on any atom is 0.0729 e. The summed E-state index contributed by atoms with van der Waals surface area (Å²) in [4.78, 5) is 2.50. The lowest BCUT2D eigenvalue weighted by molar-refractivity contribution is 0.440. The summed E-state index contributed by atoms with van der Waals surface area (Å²) in [5, 5.41) is 2.78. The molecular formula is C56H45N. The van der Waals surface area contributed by atoms with Crippen LogP contribution in [0.15, 0.2) is 170 Å². The highest BCUT2D eigenvalue weighted by molar-refractivity contribution is 6.08. The van der Waals surface area contributed by atoms with Crippen molar-refractivity contribution in [2.24, 2.45) is 0 Å². The minimum absolute atomic E-state index is 0.0461. The fourth-order valence-electron chi connectivity index (χ4n) is 11.8. The van der Waals surface area contributed by atoms with Gasteiger partial charge in [-0.1, -0.05) is 167 Å². The second-order valence-electron chi connectivity index (χ2n) is 17.4. The normalized spacial score (nSPS) is 18.1. The smallest absolute Gasteiger partial charge is 0.0729 e. The molecule has 57 heavy (non-hydrogen) atoms. The molecule has 4 aliphatic carbocycles. The van der Waals surface area contributed by atoms with E-state index in [1.54, 1.807) is 5.56 Å². The lowest BCUT2D eigenvalue weighted by Crippen LogP contribution is -2.34. The van der Waals surface area contributed by atoms with Gasteiger partial charge in [0.25, 0.3) is 0 Å². The lowest BCUT2D eigenvalue weighted by Gasteiger charge is -2.43. The Labute approximate surface area is 336 Å². The third-order valence-electron chi connectivity index (χ3n) is 14.2. The molecule has 0 N–H and O–H groups in total. The molecule has 0 saturated heterocycles. The summed E-state index contributed by atoms with van der Waals surface area (Å²) in [7, 11) is 0. The third-order valence-corrected chi connectivity index (χ3v) is 14.2. The quantitative estimate of drug-likeness (QED) is 0.174. The van der Waals surface area contributed by atoms with Crippen molar-refractivity contribution < 1.29 is 0 Å². The van der Waals surface area contributed by atoms with Crippen LogP contribution in [0.25, 0.3) is 44.2 Å². The van der Waals surface area contributed by atoms with Crippen molar-refractivity contribution >= 4 is 27.8 Å². The van der Waals surface area contributed by atoms with Gasteiger partial charge in [-0.25, -0.2) is 0 Å². The number of anilines is 3. The second-order valence-corrected chi connectivity index (χ2v) is 17.4. The first-order chi connectivity index (χ1) is 28.0. The van der Waals surface area contributed by atoms with Gasteiger partial charge in [-0.3, -0.25) is 0 Å². The van der Waals surface area contributed by atoms with Gasteiger partial charge in [0.2, 0.25) is 0 Å². The zero-order valence-corrected chi connectivity index (χ0v) is 32.7. The number of nitrogens with zero attached hydrogens (tertiary/aromatic N) is 1. The van der Waals surface area contributed by atoms with Crippen LogP contribution in [0.5, 0.6) is 0 Å². The predicted molar refractivity (Wildman–Crippen MR) is 238 cm³/mol. The molecule has 0 heterocycles. The van der Waals surface area contributed by atoms with Gasteiger partial charge in [-0.15, -0.1) is 0 Å². The molecule has 4 aliphatic rings. The van der Waals surface area contributed by atoms with Crippen LogP contribution in [0.1, 0.15) is 90.8 Å². The summed E-state index contributed by atoms with van der Waals surface area (Å²) >= 11 is 0. The van der Waals surface area contributed by atoms with Crippen LogP contribution in [0.3, 0.4) is 0 Å². The highest BCUT2D eigenvalue weighted by Crippen LogP contribution is 2.64. The minimum Gasteiger partial charge on any atom is -0.310 e. The zero-order valence-electron chi connectivity index (χ0n) is 32.7. The van der Waals surface area contributed by atoms with Crippen LogP contribution in [0, 0.1) is 0 Å². The van der Waals surface area contributed by atoms with Crippen LogP contribution >= 0.6 is 0 Å². The third kappa shape index (κ3) is 4.46. The van der Waals surface area contributed by atoms with Crippen LogP contribution in [-0.2, 0) is 10.8 Å². The van der Waals surface area contributed by atoms with Crippen molar-refractivity contribution in [2.45, 2.75) is 62.7 Å². The van der Waals surface area contributed by atoms with Gasteiger partial charge >= 0.3 is 0 Å². The molecule has 1 atom stereocenters. The molecule has 0 aliphatic heterocycles. The molecule has 1 spiro atoms. The molecule has 0 radical (unpaired) electrons. The first-order valence-corrected chi connectivity index (χ1v) is 21.0.